The molecule has 0 radical (unpaired) electrons. The average molecular weight is 242 g/mol. The third-order valence-corrected chi connectivity index (χ3v) is 1.73. The monoisotopic (exact) mass is 242 g/mol. The van der Waals surface area contributed by atoms with Crippen molar-refractivity contribution in [2.45, 2.75) is 12.6 Å². The first-order valence-corrected chi connectivity index (χ1v) is 3.97. The van der Waals surface area contributed by atoms with Crippen molar-refractivity contribution in [1.82, 2.24) is 4.98 Å². The van der Waals surface area contributed by atoms with Crippen LogP contribution in [0.15, 0.2) is 6.07 Å². The summed E-state index contributed by atoms with van der Waals surface area (Å²) in [6.45, 7) is 0. The van der Waals surface area contributed by atoms with Gasteiger partial charge >= 0.3 is 6.18 Å². The van der Waals surface area contributed by atoms with E-state index in [-0.39, 0.29) is 0 Å². The van der Waals surface area contributed by atoms with Gasteiger partial charge in [-0.1, -0.05) is 0 Å². The molecule has 0 unspecified atom stereocenters. The number of alkyl halides is 5. The fourth-order valence-electron chi connectivity index (χ4n) is 1.09. The maximum atomic E-state index is 12.4. The summed E-state index contributed by atoms with van der Waals surface area (Å²) in [6, 6.07) is 0.449. The molecule has 0 aliphatic rings. The van der Waals surface area contributed by atoms with E-state index in [0.29, 0.717) is 6.07 Å². The van der Waals surface area contributed by atoms with Gasteiger partial charge in [-0.25, -0.2) is 13.8 Å². The van der Waals surface area contributed by atoms with Crippen LogP contribution in [0.1, 0.15) is 17.8 Å². The predicted molar refractivity (Wildman–Crippen MR) is 45.2 cm³/mol. The number of nitrogens with zero attached hydrogens (tertiary/aromatic N) is 1. The molecule has 8 heteroatoms. The Morgan fingerprint density at radius 1 is 1.38 bits per heavy atom. The van der Waals surface area contributed by atoms with Crippen LogP contribution in [0.5, 0.6) is 5.75 Å². The maximum absolute atomic E-state index is 12.4. The van der Waals surface area contributed by atoms with Crippen LogP contribution in [0, 0.1) is 0 Å². The van der Waals surface area contributed by atoms with Gasteiger partial charge in [0.15, 0.2) is 11.4 Å². The van der Waals surface area contributed by atoms with Gasteiger partial charge in [-0.05, 0) is 6.07 Å². The first-order valence-electron chi connectivity index (χ1n) is 3.97. The van der Waals surface area contributed by atoms with Crippen LogP contribution in [0.3, 0.4) is 0 Å². The van der Waals surface area contributed by atoms with Crippen molar-refractivity contribution in [1.29, 1.82) is 0 Å². The lowest BCUT2D eigenvalue weighted by molar-refractivity contribution is -0.141. The standard InChI is InChI=1S/C8H7F5N2O/c1-16-6-3(14)2-4(8(11,12)13)15-5(6)7(9)10/h2,7H,1H3,(H2,14,15). The number of nitrogen functional groups attached to an aromatic ring is 1. The second-order valence-electron chi connectivity index (χ2n) is 2.81. The van der Waals surface area contributed by atoms with Gasteiger partial charge < -0.3 is 10.5 Å². The molecule has 1 heterocycles. The SMILES string of the molecule is COc1c(N)cc(C(F)(F)F)nc1C(F)F. The smallest absolute Gasteiger partial charge is 0.433 e. The molecule has 1 rings (SSSR count). The van der Waals surface area contributed by atoms with Gasteiger partial charge in [0.05, 0.1) is 12.8 Å². The molecule has 0 fully saturated rings. The molecule has 3 nitrogen and oxygen atoms in total. The minimum Gasteiger partial charge on any atom is -0.492 e. The fourth-order valence-corrected chi connectivity index (χ4v) is 1.09. The number of pyridine rings is 1. The fraction of sp³-hybridized carbons (Fsp3) is 0.375. The first-order chi connectivity index (χ1) is 7.27. The summed E-state index contributed by atoms with van der Waals surface area (Å²) in [5.74, 6) is -0.539. The van der Waals surface area contributed by atoms with Crippen LogP contribution in [-0.2, 0) is 6.18 Å². The van der Waals surface area contributed by atoms with Crippen LogP contribution in [0.4, 0.5) is 27.6 Å². The van der Waals surface area contributed by atoms with Crippen LogP contribution < -0.4 is 10.5 Å². The highest BCUT2D eigenvalue weighted by atomic mass is 19.4. The molecule has 90 valence electrons. The molecular weight excluding hydrogens is 235 g/mol. The number of rotatable bonds is 2. The third kappa shape index (κ3) is 2.31. The van der Waals surface area contributed by atoms with Crippen LogP contribution in [0.2, 0.25) is 0 Å². The van der Waals surface area contributed by atoms with Crippen molar-refractivity contribution in [3.05, 3.63) is 17.5 Å². The van der Waals surface area contributed by atoms with E-state index in [1.807, 2.05) is 0 Å². The molecule has 16 heavy (non-hydrogen) atoms. The predicted octanol–water partition coefficient (Wildman–Crippen LogP) is 2.63. The summed E-state index contributed by atoms with van der Waals surface area (Å²) in [5, 5.41) is 0. The summed E-state index contributed by atoms with van der Waals surface area (Å²) in [4.78, 5) is 2.80. The van der Waals surface area contributed by atoms with E-state index in [2.05, 4.69) is 9.72 Å². The molecule has 0 aliphatic heterocycles. The highest BCUT2D eigenvalue weighted by molar-refractivity contribution is 5.56. The summed E-state index contributed by atoms with van der Waals surface area (Å²) in [7, 11) is 1.02. The molecule has 0 amide bonds. The Kier molecular flexibility index (Phi) is 3.20. The molecule has 0 saturated carbocycles. The zero-order valence-corrected chi connectivity index (χ0v) is 7.98. The number of hydrogen-bond donors (Lipinski definition) is 1. The van der Waals surface area contributed by atoms with E-state index in [1.165, 1.54) is 0 Å². The lowest BCUT2D eigenvalue weighted by Crippen LogP contribution is -2.12. The van der Waals surface area contributed by atoms with Crippen LogP contribution in [-0.4, -0.2) is 12.1 Å². The average Bonchev–Trinajstić information content (AvgIpc) is 2.14. The zero-order valence-electron chi connectivity index (χ0n) is 7.98. The second kappa shape index (κ2) is 4.11. The molecule has 0 spiro atoms. The van der Waals surface area contributed by atoms with Gasteiger partial charge in [-0.15, -0.1) is 0 Å². The number of anilines is 1. The Hall–Kier alpha value is -1.60. The Labute approximate surface area is 87.0 Å². The summed E-state index contributed by atoms with van der Waals surface area (Å²) in [6.07, 6.45) is -8.02. The van der Waals surface area contributed by atoms with Crippen molar-refractivity contribution in [3.8, 4) is 5.75 Å². The van der Waals surface area contributed by atoms with E-state index in [0.717, 1.165) is 7.11 Å². The van der Waals surface area contributed by atoms with Gasteiger partial charge in [0.2, 0.25) is 0 Å². The van der Waals surface area contributed by atoms with Gasteiger partial charge in [0, 0.05) is 0 Å². The molecule has 0 bridgehead atoms. The molecule has 1 aromatic heterocycles. The van der Waals surface area contributed by atoms with E-state index >= 15 is 0 Å². The molecule has 2 N–H and O–H groups in total. The van der Waals surface area contributed by atoms with Crippen LogP contribution >= 0.6 is 0 Å². The van der Waals surface area contributed by atoms with Gasteiger partial charge in [0.1, 0.15) is 5.69 Å². The number of halogens is 5. The van der Waals surface area contributed by atoms with Crippen molar-refractivity contribution in [2.75, 3.05) is 12.8 Å². The van der Waals surface area contributed by atoms with E-state index in [1.54, 1.807) is 0 Å². The molecule has 0 atom stereocenters. The van der Waals surface area contributed by atoms with E-state index < -0.39 is 35.4 Å². The van der Waals surface area contributed by atoms with Crippen molar-refractivity contribution < 1.29 is 26.7 Å². The Balaban J connectivity index is 3.40. The zero-order chi connectivity index (χ0) is 12.5. The van der Waals surface area contributed by atoms with E-state index in [4.69, 9.17) is 5.73 Å². The minimum absolute atomic E-state index is 0.449. The second-order valence-corrected chi connectivity index (χ2v) is 2.81. The third-order valence-electron chi connectivity index (χ3n) is 1.73. The largest absolute Gasteiger partial charge is 0.492 e. The number of methoxy groups -OCH3 is 1. The van der Waals surface area contributed by atoms with Gasteiger partial charge in [-0.3, -0.25) is 0 Å². The van der Waals surface area contributed by atoms with Crippen LogP contribution in [0.25, 0.3) is 0 Å². The number of nitrogens with two attached hydrogens (primary N) is 1. The van der Waals surface area contributed by atoms with Crippen molar-refractivity contribution >= 4 is 5.69 Å². The molecule has 0 aliphatic carbocycles. The quantitative estimate of drug-likeness (QED) is 0.811. The highest BCUT2D eigenvalue weighted by Gasteiger charge is 2.35. The minimum atomic E-state index is -4.83. The maximum Gasteiger partial charge on any atom is 0.433 e. The Morgan fingerprint density at radius 3 is 2.31 bits per heavy atom. The van der Waals surface area contributed by atoms with Crippen molar-refractivity contribution in [3.63, 3.8) is 0 Å². The first kappa shape index (κ1) is 12.5. The normalized spacial score (nSPS) is 11.9. The lowest BCUT2D eigenvalue weighted by Gasteiger charge is -2.13. The number of aromatic nitrogens is 1. The van der Waals surface area contributed by atoms with Gasteiger partial charge in [0.25, 0.3) is 6.43 Å². The number of ether oxygens (including phenoxy) is 1. The van der Waals surface area contributed by atoms with Gasteiger partial charge in [-0.2, -0.15) is 13.2 Å². The molecule has 0 aromatic carbocycles. The summed E-state index contributed by atoms with van der Waals surface area (Å²) in [5.41, 5.74) is 2.05. The Bertz CT molecular complexity index is 391. The van der Waals surface area contributed by atoms with E-state index in [9.17, 15) is 22.0 Å². The molecule has 0 saturated heterocycles. The topological polar surface area (TPSA) is 48.1 Å². The summed E-state index contributed by atoms with van der Waals surface area (Å²) >= 11 is 0. The number of hydrogen-bond acceptors (Lipinski definition) is 3. The highest BCUT2D eigenvalue weighted by Crippen LogP contribution is 2.37. The van der Waals surface area contributed by atoms with Crippen molar-refractivity contribution in [2.24, 2.45) is 0 Å². The molecular formula is C8H7F5N2O. The summed E-state index contributed by atoms with van der Waals surface area (Å²) < 4.78 is 66.0. The lowest BCUT2D eigenvalue weighted by atomic mass is 10.2. The Morgan fingerprint density at radius 2 is 1.94 bits per heavy atom. The molecule has 1 aromatic rings.